The third-order valence-electron chi connectivity index (χ3n) is 4.84. The van der Waals surface area contributed by atoms with E-state index in [1.54, 1.807) is 12.1 Å². The van der Waals surface area contributed by atoms with Crippen molar-refractivity contribution in [1.82, 2.24) is 10.3 Å². The van der Waals surface area contributed by atoms with Gasteiger partial charge in [0.15, 0.2) is 0 Å². The Hall–Kier alpha value is -1.92. The molecule has 2 aromatic rings. The van der Waals surface area contributed by atoms with E-state index >= 15 is 0 Å². The van der Waals surface area contributed by atoms with E-state index < -0.39 is 5.97 Å². The molecule has 1 aliphatic carbocycles. The first kappa shape index (κ1) is 18.9. The summed E-state index contributed by atoms with van der Waals surface area (Å²) in [4.78, 5) is 28.7. The van der Waals surface area contributed by atoms with Crippen LogP contribution < -0.4 is 5.32 Å². The molecule has 1 aliphatic rings. The molecule has 0 aliphatic heterocycles. The molecule has 1 fully saturated rings. The van der Waals surface area contributed by atoms with Crippen LogP contribution in [0.5, 0.6) is 0 Å². The Morgan fingerprint density at radius 3 is 2.50 bits per heavy atom. The number of carbonyl (C=O) groups is 2. The van der Waals surface area contributed by atoms with Gasteiger partial charge in [-0.15, -0.1) is 11.3 Å². The molecule has 1 amide bonds. The lowest BCUT2D eigenvalue weighted by atomic mass is 9.82. The molecule has 0 radical (unpaired) electrons. The summed E-state index contributed by atoms with van der Waals surface area (Å²) >= 11 is 7.29. The molecule has 0 atom stereocenters. The van der Waals surface area contributed by atoms with E-state index in [1.165, 1.54) is 11.3 Å². The molecule has 0 spiro atoms. The van der Waals surface area contributed by atoms with Gasteiger partial charge in [0.05, 0.1) is 11.6 Å². The van der Waals surface area contributed by atoms with Gasteiger partial charge < -0.3 is 10.4 Å². The molecule has 0 saturated heterocycles. The fourth-order valence-electron chi connectivity index (χ4n) is 3.25. The van der Waals surface area contributed by atoms with Gasteiger partial charge in [-0.2, -0.15) is 0 Å². The van der Waals surface area contributed by atoms with Gasteiger partial charge in [-0.1, -0.05) is 23.7 Å². The van der Waals surface area contributed by atoms with E-state index in [1.807, 2.05) is 19.1 Å². The van der Waals surface area contributed by atoms with Crippen LogP contribution in [0.15, 0.2) is 24.3 Å². The largest absolute Gasteiger partial charge is 0.481 e. The fourth-order valence-corrected chi connectivity index (χ4v) is 4.37. The molecule has 1 heterocycles. The highest BCUT2D eigenvalue weighted by Crippen LogP contribution is 2.30. The molecular weight excluding hydrogens is 372 g/mol. The first-order valence-electron chi connectivity index (χ1n) is 8.68. The van der Waals surface area contributed by atoms with Crippen LogP contribution in [0.1, 0.15) is 41.0 Å². The van der Waals surface area contributed by atoms with Gasteiger partial charge in [-0.05, 0) is 50.7 Å². The van der Waals surface area contributed by atoms with Crippen LogP contribution in [0, 0.1) is 18.8 Å². The number of hydrogen-bond donors (Lipinski definition) is 2. The zero-order valence-corrected chi connectivity index (χ0v) is 16.1. The number of aryl methyl sites for hydroxylation is 1. The number of carboxylic acids is 1. The number of rotatable bonds is 5. The van der Waals surface area contributed by atoms with Crippen molar-refractivity contribution in [3.8, 4) is 10.6 Å². The Morgan fingerprint density at radius 2 is 1.88 bits per heavy atom. The van der Waals surface area contributed by atoms with E-state index in [9.17, 15) is 9.59 Å². The highest BCUT2D eigenvalue weighted by molar-refractivity contribution is 7.17. The number of aromatic nitrogens is 1. The Bertz CT molecular complexity index is 796. The van der Waals surface area contributed by atoms with Gasteiger partial charge in [0.1, 0.15) is 9.88 Å². The van der Waals surface area contributed by atoms with Gasteiger partial charge in [-0.3, -0.25) is 9.59 Å². The molecule has 0 bridgehead atoms. The summed E-state index contributed by atoms with van der Waals surface area (Å²) in [7, 11) is 0. The van der Waals surface area contributed by atoms with E-state index in [2.05, 4.69) is 10.3 Å². The zero-order chi connectivity index (χ0) is 18.7. The van der Waals surface area contributed by atoms with E-state index in [0.29, 0.717) is 40.9 Å². The number of halogens is 1. The highest BCUT2D eigenvalue weighted by atomic mass is 35.5. The van der Waals surface area contributed by atoms with E-state index in [-0.39, 0.29) is 11.8 Å². The van der Waals surface area contributed by atoms with Gasteiger partial charge in [0, 0.05) is 17.1 Å². The van der Waals surface area contributed by atoms with Crippen molar-refractivity contribution in [1.29, 1.82) is 0 Å². The number of benzene rings is 1. The maximum atomic E-state index is 12.5. The second-order valence-electron chi connectivity index (χ2n) is 6.71. The van der Waals surface area contributed by atoms with E-state index in [4.69, 9.17) is 16.7 Å². The summed E-state index contributed by atoms with van der Waals surface area (Å²) in [6.45, 7) is 2.42. The monoisotopic (exact) mass is 392 g/mol. The van der Waals surface area contributed by atoms with Crippen molar-refractivity contribution in [3.63, 3.8) is 0 Å². The number of carboxylic acid groups (broad SMARTS) is 1. The van der Waals surface area contributed by atoms with E-state index in [0.717, 1.165) is 23.4 Å². The predicted octanol–water partition coefficient (Wildman–Crippen LogP) is 4.39. The molecule has 1 aromatic heterocycles. The van der Waals surface area contributed by atoms with Crippen LogP contribution in [-0.4, -0.2) is 28.5 Å². The molecule has 2 N–H and O–H groups in total. The van der Waals surface area contributed by atoms with Crippen molar-refractivity contribution < 1.29 is 14.7 Å². The lowest BCUT2D eigenvalue weighted by Gasteiger charge is -2.26. The average molecular weight is 393 g/mol. The smallest absolute Gasteiger partial charge is 0.306 e. The molecule has 7 heteroatoms. The predicted molar refractivity (Wildman–Crippen MR) is 103 cm³/mol. The number of nitrogens with one attached hydrogen (secondary N) is 1. The van der Waals surface area contributed by atoms with Crippen LogP contribution in [0.2, 0.25) is 5.02 Å². The van der Waals surface area contributed by atoms with Crippen molar-refractivity contribution in [3.05, 3.63) is 39.9 Å². The number of thiazole rings is 1. The third kappa shape index (κ3) is 4.43. The van der Waals surface area contributed by atoms with Gasteiger partial charge >= 0.3 is 5.97 Å². The minimum atomic E-state index is -0.706. The maximum Gasteiger partial charge on any atom is 0.306 e. The van der Waals surface area contributed by atoms with Crippen LogP contribution >= 0.6 is 22.9 Å². The Morgan fingerprint density at radius 1 is 1.23 bits per heavy atom. The number of aliphatic carboxylic acids is 1. The van der Waals surface area contributed by atoms with Crippen molar-refractivity contribution in [2.24, 2.45) is 11.8 Å². The number of amides is 1. The SMILES string of the molecule is Cc1nc(-c2ccc(Cl)cc2)sc1C(=O)NCC1CCC(C(=O)O)CC1. The summed E-state index contributed by atoms with van der Waals surface area (Å²) in [6, 6.07) is 7.40. The highest BCUT2D eigenvalue weighted by Gasteiger charge is 2.26. The Balaban J connectivity index is 1.58. The number of carbonyl (C=O) groups excluding carboxylic acids is 1. The van der Waals surface area contributed by atoms with Gasteiger partial charge in [0.25, 0.3) is 5.91 Å². The van der Waals surface area contributed by atoms with Crippen molar-refractivity contribution in [2.75, 3.05) is 6.54 Å². The minimum absolute atomic E-state index is 0.111. The molecule has 3 rings (SSSR count). The van der Waals surface area contributed by atoms with Crippen LogP contribution in [0.4, 0.5) is 0 Å². The quantitative estimate of drug-likeness (QED) is 0.790. The zero-order valence-electron chi connectivity index (χ0n) is 14.5. The molecule has 5 nitrogen and oxygen atoms in total. The topological polar surface area (TPSA) is 79.3 Å². The van der Waals surface area contributed by atoms with Gasteiger partial charge in [-0.25, -0.2) is 4.98 Å². The Labute approximate surface area is 161 Å². The summed E-state index contributed by atoms with van der Waals surface area (Å²) in [6.07, 6.45) is 3.07. The summed E-state index contributed by atoms with van der Waals surface area (Å²) in [5.41, 5.74) is 1.65. The Kier molecular flexibility index (Phi) is 5.94. The first-order chi connectivity index (χ1) is 12.4. The molecule has 0 unspecified atom stereocenters. The van der Waals surface area contributed by atoms with Crippen LogP contribution in [0.3, 0.4) is 0 Å². The summed E-state index contributed by atoms with van der Waals surface area (Å²) < 4.78 is 0. The van der Waals surface area contributed by atoms with Crippen molar-refractivity contribution in [2.45, 2.75) is 32.6 Å². The summed E-state index contributed by atoms with van der Waals surface area (Å²) in [5.74, 6) is -0.700. The minimum Gasteiger partial charge on any atom is -0.481 e. The van der Waals surface area contributed by atoms with Gasteiger partial charge in [0.2, 0.25) is 0 Å². The van der Waals surface area contributed by atoms with Crippen LogP contribution in [-0.2, 0) is 4.79 Å². The average Bonchev–Trinajstić information content (AvgIpc) is 3.02. The molecule has 26 heavy (non-hydrogen) atoms. The fraction of sp³-hybridized carbons (Fsp3) is 0.421. The first-order valence-corrected chi connectivity index (χ1v) is 9.88. The normalized spacial score (nSPS) is 19.9. The molecule has 1 saturated carbocycles. The third-order valence-corrected chi connectivity index (χ3v) is 6.30. The maximum absolute atomic E-state index is 12.5. The van der Waals surface area contributed by atoms with Crippen molar-refractivity contribution >= 4 is 34.8 Å². The molecular formula is C19H21ClN2O3S. The standard InChI is InChI=1S/C19H21ClN2O3S/c1-11-16(26-18(22-11)13-6-8-15(20)9-7-13)17(23)21-10-12-2-4-14(5-3-12)19(24)25/h6-9,12,14H,2-5,10H2,1H3,(H,21,23)(H,24,25). The van der Waals surface area contributed by atoms with Crippen LogP contribution in [0.25, 0.3) is 10.6 Å². The molecule has 1 aromatic carbocycles. The lowest BCUT2D eigenvalue weighted by Crippen LogP contribution is -2.32. The summed E-state index contributed by atoms with van der Waals surface area (Å²) in [5, 5.41) is 13.5. The second-order valence-corrected chi connectivity index (χ2v) is 8.14. The number of hydrogen-bond acceptors (Lipinski definition) is 4. The lowest BCUT2D eigenvalue weighted by molar-refractivity contribution is -0.143. The molecule has 138 valence electrons. The second kappa shape index (κ2) is 8.18. The number of nitrogens with zero attached hydrogens (tertiary/aromatic N) is 1.